The lowest BCUT2D eigenvalue weighted by Crippen LogP contribution is -2.06. The summed E-state index contributed by atoms with van der Waals surface area (Å²) in [6.45, 7) is 9.81. The molecule has 1 aromatic heterocycles. The van der Waals surface area contributed by atoms with Crippen LogP contribution in [0.25, 0.3) is 22.3 Å². The Morgan fingerprint density at radius 2 is 1.32 bits per heavy atom. The molecular weight excluding hydrogens is 272 g/mol. The van der Waals surface area contributed by atoms with Crippen molar-refractivity contribution in [3.8, 4) is 11.3 Å². The lowest BCUT2D eigenvalue weighted by atomic mass is 10.1. The number of hydrogen-bond acceptors (Lipinski definition) is 2. The molecular formula is C20H24O2. The van der Waals surface area contributed by atoms with Crippen LogP contribution in [0.1, 0.15) is 33.3 Å². The molecule has 2 aromatic carbocycles. The fraction of sp³-hybridized carbons (Fsp3) is 0.250. The predicted octanol–water partition coefficient (Wildman–Crippen LogP) is 5.82. The van der Waals surface area contributed by atoms with Crippen molar-refractivity contribution in [2.75, 3.05) is 0 Å². The van der Waals surface area contributed by atoms with Crippen molar-refractivity contribution in [2.45, 2.75) is 34.6 Å². The van der Waals surface area contributed by atoms with Crippen LogP contribution in [0.3, 0.4) is 0 Å². The highest BCUT2D eigenvalue weighted by atomic mass is 16.3. The third-order valence-corrected chi connectivity index (χ3v) is 3.06. The lowest BCUT2D eigenvalue weighted by Gasteiger charge is -2.06. The van der Waals surface area contributed by atoms with Gasteiger partial charge in [-0.15, -0.1) is 0 Å². The van der Waals surface area contributed by atoms with Crippen LogP contribution in [0.5, 0.6) is 0 Å². The second-order valence-electron chi connectivity index (χ2n) is 4.25. The maximum Gasteiger partial charge on any atom is 0.196 e. The molecule has 0 saturated carbocycles. The maximum absolute atomic E-state index is 12.3. The van der Waals surface area contributed by atoms with Crippen LogP contribution < -0.4 is 5.43 Å². The minimum atomic E-state index is 0.0377. The first-order valence-electron chi connectivity index (χ1n) is 7.85. The summed E-state index contributed by atoms with van der Waals surface area (Å²) in [4.78, 5) is 12.3. The molecule has 0 atom stereocenters. The van der Waals surface area contributed by atoms with Crippen molar-refractivity contribution in [2.24, 2.45) is 0 Å². The molecule has 0 aliphatic rings. The van der Waals surface area contributed by atoms with Gasteiger partial charge in [-0.1, -0.05) is 70.2 Å². The summed E-state index contributed by atoms with van der Waals surface area (Å²) in [5, 5.41) is 0.634. The second kappa shape index (κ2) is 8.83. The zero-order chi connectivity index (χ0) is 16.5. The summed E-state index contributed by atoms with van der Waals surface area (Å²) < 4.78 is 5.86. The van der Waals surface area contributed by atoms with E-state index >= 15 is 0 Å². The highest BCUT2D eigenvalue weighted by Crippen LogP contribution is 2.24. The van der Waals surface area contributed by atoms with Crippen molar-refractivity contribution < 1.29 is 4.42 Å². The molecule has 116 valence electrons. The summed E-state index contributed by atoms with van der Waals surface area (Å²) in [6, 6.07) is 17.0. The van der Waals surface area contributed by atoms with Gasteiger partial charge in [0.25, 0.3) is 0 Å². The lowest BCUT2D eigenvalue weighted by molar-refractivity contribution is 0.614. The van der Waals surface area contributed by atoms with Crippen molar-refractivity contribution in [1.29, 1.82) is 0 Å². The Morgan fingerprint density at radius 3 is 1.95 bits per heavy atom. The molecule has 1 heterocycles. The number of benzene rings is 2. The first-order chi connectivity index (χ1) is 10.8. The Hall–Kier alpha value is -2.35. The molecule has 0 N–H and O–H groups in total. The summed E-state index contributed by atoms with van der Waals surface area (Å²) >= 11 is 0. The van der Waals surface area contributed by atoms with Gasteiger partial charge >= 0.3 is 0 Å². The molecule has 22 heavy (non-hydrogen) atoms. The molecule has 0 saturated heterocycles. The quantitative estimate of drug-likeness (QED) is 0.566. The fourth-order valence-corrected chi connectivity index (χ4v) is 2.10. The van der Waals surface area contributed by atoms with Crippen LogP contribution >= 0.6 is 0 Å². The van der Waals surface area contributed by atoms with Crippen LogP contribution in [-0.4, -0.2) is 0 Å². The highest BCUT2D eigenvalue weighted by molar-refractivity contribution is 5.80. The number of fused-ring (bicyclic) bond motifs is 1. The van der Waals surface area contributed by atoms with E-state index in [0.29, 0.717) is 22.3 Å². The molecule has 0 amide bonds. The number of rotatable bonds is 1. The van der Waals surface area contributed by atoms with Crippen molar-refractivity contribution in [3.63, 3.8) is 0 Å². The SMILES string of the molecule is CC.CC.Cc1c(-c2ccccc2)oc2ccccc2c1=O. The van der Waals surface area contributed by atoms with Crippen LogP contribution in [-0.2, 0) is 0 Å². The van der Waals surface area contributed by atoms with Gasteiger partial charge in [-0.05, 0) is 19.1 Å². The Labute approximate surface area is 132 Å². The van der Waals surface area contributed by atoms with Gasteiger partial charge in [0.2, 0.25) is 0 Å². The molecule has 0 aliphatic carbocycles. The van der Waals surface area contributed by atoms with Gasteiger partial charge in [0, 0.05) is 11.1 Å². The van der Waals surface area contributed by atoms with E-state index in [1.807, 2.05) is 76.2 Å². The molecule has 0 radical (unpaired) electrons. The Bertz CT molecular complexity index is 756. The van der Waals surface area contributed by atoms with E-state index in [0.717, 1.165) is 5.56 Å². The molecule has 0 spiro atoms. The van der Waals surface area contributed by atoms with Crippen molar-refractivity contribution in [3.05, 3.63) is 70.4 Å². The van der Waals surface area contributed by atoms with E-state index in [4.69, 9.17) is 4.42 Å². The normalized spacial score (nSPS) is 9.32. The fourth-order valence-electron chi connectivity index (χ4n) is 2.10. The van der Waals surface area contributed by atoms with Gasteiger partial charge < -0.3 is 4.42 Å². The minimum absolute atomic E-state index is 0.0377. The molecule has 0 aliphatic heterocycles. The Kier molecular flexibility index (Phi) is 7.11. The van der Waals surface area contributed by atoms with E-state index < -0.39 is 0 Å². The molecule has 3 aromatic rings. The number of para-hydroxylation sites is 1. The summed E-state index contributed by atoms with van der Waals surface area (Å²) in [7, 11) is 0. The van der Waals surface area contributed by atoms with Gasteiger partial charge in [-0.2, -0.15) is 0 Å². The minimum Gasteiger partial charge on any atom is -0.456 e. The Balaban J connectivity index is 0.000000561. The van der Waals surface area contributed by atoms with Gasteiger partial charge in [0.1, 0.15) is 11.3 Å². The summed E-state index contributed by atoms with van der Waals surface area (Å²) in [6.07, 6.45) is 0. The van der Waals surface area contributed by atoms with E-state index in [1.54, 1.807) is 13.0 Å². The average Bonchev–Trinajstić information content (AvgIpc) is 2.62. The topological polar surface area (TPSA) is 30.2 Å². The molecule has 0 unspecified atom stereocenters. The smallest absolute Gasteiger partial charge is 0.196 e. The van der Waals surface area contributed by atoms with E-state index in [1.165, 1.54) is 0 Å². The Morgan fingerprint density at radius 1 is 0.773 bits per heavy atom. The van der Waals surface area contributed by atoms with E-state index in [-0.39, 0.29) is 5.43 Å². The predicted molar refractivity (Wildman–Crippen MR) is 95.4 cm³/mol. The van der Waals surface area contributed by atoms with Crippen LogP contribution in [0.4, 0.5) is 0 Å². The van der Waals surface area contributed by atoms with Crippen molar-refractivity contribution in [1.82, 2.24) is 0 Å². The van der Waals surface area contributed by atoms with Gasteiger partial charge in [-0.3, -0.25) is 4.79 Å². The van der Waals surface area contributed by atoms with Gasteiger partial charge in [0.05, 0.1) is 5.39 Å². The van der Waals surface area contributed by atoms with Gasteiger partial charge in [0.15, 0.2) is 5.43 Å². The van der Waals surface area contributed by atoms with Crippen LogP contribution in [0.2, 0.25) is 0 Å². The van der Waals surface area contributed by atoms with Gasteiger partial charge in [-0.25, -0.2) is 0 Å². The average molecular weight is 296 g/mol. The summed E-state index contributed by atoms with van der Waals surface area (Å²) in [5.74, 6) is 0.652. The zero-order valence-corrected chi connectivity index (χ0v) is 14.0. The number of hydrogen-bond donors (Lipinski definition) is 0. The monoisotopic (exact) mass is 296 g/mol. The molecule has 2 heteroatoms. The third-order valence-electron chi connectivity index (χ3n) is 3.06. The highest BCUT2D eigenvalue weighted by Gasteiger charge is 2.11. The molecule has 0 fully saturated rings. The third kappa shape index (κ3) is 3.64. The van der Waals surface area contributed by atoms with E-state index in [2.05, 4.69) is 0 Å². The molecule has 0 bridgehead atoms. The molecule has 2 nitrogen and oxygen atoms in total. The second-order valence-corrected chi connectivity index (χ2v) is 4.25. The standard InChI is InChI=1S/C16H12O2.2C2H6/c1-11-15(17)13-9-5-6-10-14(13)18-16(11)12-7-3-2-4-8-12;2*1-2/h2-10H,1H3;2*1-2H3. The first kappa shape index (κ1) is 17.7. The zero-order valence-electron chi connectivity index (χ0n) is 14.0. The van der Waals surface area contributed by atoms with Crippen LogP contribution in [0, 0.1) is 6.92 Å². The maximum atomic E-state index is 12.3. The van der Waals surface area contributed by atoms with Crippen LogP contribution in [0.15, 0.2) is 63.8 Å². The molecule has 3 rings (SSSR count). The summed E-state index contributed by atoms with van der Waals surface area (Å²) in [5.41, 5.74) is 2.25. The van der Waals surface area contributed by atoms with Crippen molar-refractivity contribution >= 4 is 11.0 Å². The largest absolute Gasteiger partial charge is 0.456 e. The van der Waals surface area contributed by atoms with E-state index in [9.17, 15) is 4.79 Å². The first-order valence-corrected chi connectivity index (χ1v) is 7.85.